The van der Waals surface area contributed by atoms with Crippen LogP contribution >= 0.6 is 0 Å². The van der Waals surface area contributed by atoms with Gasteiger partial charge in [-0.1, -0.05) is 25.8 Å². The molecule has 0 aromatic heterocycles. The van der Waals surface area contributed by atoms with Crippen molar-refractivity contribution in [2.45, 2.75) is 32.1 Å². The average molecular weight is 198 g/mol. The Kier molecular flexibility index (Phi) is 2.16. The van der Waals surface area contributed by atoms with Crippen LogP contribution in [0.25, 0.3) is 0 Å². The lowest BCUT2D eigenvalue weighted by molar-refractivity contribution is 0.0956. The molecule has 0 spiro atoms. The van der Waals surface area contributed by atoms with E-state index in [0.717, 1.165) is 23.1 Å². The SMILES string of the molecule is C#Cc1ccc2c(c1)C(=O)CCC2(C)C. The lowest BCUT2D eigenvalue weighted by Crippen LogP contribution is -2.27. The zero-order chi connectivity index (χ0) is 11.1. The maximum Gasteiger partial charge on any atom is 0.163 e. The van der Waals surface area contributed by atoms with Crippen LogP contribution in [0.2, 0.25) is 0 Å². The molecule has 1 aliphatic rings. The normalized spacial score (nSPS) is 18.1. The molecule has 0 heterocycles. The molecule has 0 fully saturated rings. The number of hydrogen-bond acceptors (Lipinski definition) is 1. The van der Waals surface area contributed by atoms with E-state index in [1.54, 1.807) is 0 Å². The Labute approximate surface area is 90.5 Å². The third-order valence-corrected chi connectivity index (χ3v) is 3.19. The summed E-state index contributed by atoms with van der Waals surface area (Å²) in [7, 11) is 0. The Hall–Kier alpha value is -1.55. The Morgan fingerprint density at radius 2 is 2.13 bits per heavy atom. The minimum absolute atomic E-state index is 0.0936. The van der Waals surface area contributed by atoms with Crippen LogP contribution in [0.5, 0.6) is 0 Å². The van der Waals surface area contributed by atoms with Crippen LogP contribution in [0.3, 0.4) is 0 Å². The summed E-state index contributed by atoms with van der Waals surface area (Å²) in [5.41, 5.74) is 2.84. The van der Waals surface area contributed by atoms with Gasteiger partial charge in [0.05, 0.1) is 0 Å². The summed E-state index contributed by atoms with van der Waals surface area (Å²) in [4.78, 5) is 11.8. The molecule has 0 saturated heterocycles. The molecule has 0 atom stereocenters. The van der Waals surface area contributed by atoms with E-state index in [9.17, 15) is 4.79 Å². The van der Waals surface area contributed by atoms with E-state index in [1.807, 2.05) is 18.2 Å². The lowest BCUT2D eigenvalue weighted by atomic mass is 9.72. The highest BCUT2D eigenvalue weighted by atomic mass is 16.1. The van der Waals surface area contributed by atoms with Gasteiger partial charge in [0.15, 0.2) is 5.78 Å². The van der Waals surface area contributed by atoms with Gasteiger partial charge in [0, 0.05) is 17.5 Å². The summed E-state index contributed by atoms with van der Waals surface area (Å²) in [6.45, 7) is 4.35. The fourth-order valence-electron chi connectivity index (χ4n) is 2.15. The number of ketones is 1. The molecule has 76 valence electrons. The zero-order valence-corrected chi connectivity index (χ0v) is 9.13. The first-order valence-corrected chi connectivity index (χ1v) is 5.19. The monoisotopic (exact) mass is 198 g/mol. The maximum atomic E-state index is 11.8. The summed E-state index contributed by atoms with van der Waals surface area (Å²) >= 11 is 0. The number of carbonyl (C=O) groups is 1. The van der Waals surface area contributed by atoms with Gasteiger partial charge in [-0.25, -0.2) is 0 Å². The highest BCUT2D eigenvalue weighted by Gasteiger charge is 2.31. The van der Waals surface area contributed by atoms with E-state index >= 15 is 0 Å². The van der Waals surface area contributed by atoms with Gasteiger partial charge >= 0.3 is 0 Å². The highest BCUT2D eigenvalue weighted by Crippen LogP contribution is 2.36. The third-order valence-electron chi connectivity index (χ3n) is 3.19. The molecule has 1 aliphatic carbocycles. The fourth-order valence-corrected chi connectivity index (χ4v) is 2.15. The summed E-state index contributed by atoms with van der Waals surface area (Å²) in [6, 6.07) is 5.76. The van der Waals surface area contributed by atoms with Gasteiger partial charge in [-0.15, -0.1) is 6.42 Å². The van der Waals surface area contributed by atoms with Crippen molar-refractivity contribution in [1.29, 1.82) is 0 Å². The molecular formula is C14H14O. The second-order valence-corrected chi connectivity index (χ2v) is 4.71. The van der Waals surface area contributed by atoms with Crippen molar-refractivity contribution >= 4 is 5.78 Å². The van der Waals surface area contributed by atoms with Crippen LogP contribution in [0, 0.1) is 12.3 Å². The molecule has 1 heteroatoms. The first kappa shape index (κ1) is 9.98. The maximum absolute atomic E-state index is 11.8. The van der Waals surface area contributed by atoms with E-state index in [0.29, 0.717) is 6.42 Å². The van der Waals surface area contributed by atoms with Crippen LogP contribution in [-0.4, -0.2) is 5.78 Å². The summed E-state index contributed by atoms with van der Waals surface area (Å²) in [5, 5.41) is 0. The van der Waals surface area contributed by atoms with E-state index in [2.05, 4.69) is 19.8 Å². The molecule has 2 rings (SSSR count). The standard InChI is InChI=1S/C14H14O/c1-4-10-5-6-12-11(9-10)13(15)7-8-14(12,2)3/h1,5-6,9H,7-8H2,2-3H3. The molecule has 15 heavy (non-hydrogen) atoms. The molecule has 0 bridgehead atoms. The Morgan fingerprint density at radius 1 is 1.40 bits per heavy atom. The zero-order valence-electron chi connectivity index (χ0n) is 9.13. The van der Waals surface area contributed by atoms with E-state index < -0.39 is 0 Å². The fraction of sp³-hybridized carbons (Fsp3) is 0.357. The topological polar surface area (TPSA) is 17.1 Å². The molecule has 0 N–H and O–H groups in total. The number of terminal acetylenes is 1. The summed E-state index contributed by atoms with van der Waals surface area (Å²) in [5.74, 6) is 2.80. The van der Waals surface area contributed by atoms with E-state index in [-0.39, 0.29) is 11.2 Å². The molecule has 0 aliphatic heterocycles. The van der Waals surface area contributed by atoms with Crippen LogP contribution in [0.15, 0.2) is 18.2 Å². The molecule has 0 amide bonds. The average Bonchev–Trinajstić information content (AvgIpc) is 2.23. The highest BCUT2D eigenvalue weighted by molar-refractivity contribution is 5.99. The van der Waals surface area contributed by atoms with Crippen molar-refractivity contribution < 1.29 is 4.79 Å². The van der Waals surface area contributed by atoms with E-state index in [4.69, 9.17) is 6.42 Å². The quantitative estimate of drug-likeness (QED) is 0.586. The Balaban J connectivity index is 2.64. The molecule has 1 aromatic carbocycles. The minimum Gasteiger partial charge on any atom is -0.294 e. The van der Waals surface area contributed by atoms with Crippen molar-refractivity contribution in [3.63, 3.8) is 0 Å². The van der Waals surface area contributed by atoms with Crippen LogP contribution in [-0.2, 0) is 5.41 Å². The number of rotatable bonds is 0. The number of fused-ring (bicyclic) bond motifs is 1. The van der Waals surface area contributed by atoms with Gasteiger partial charge in [-0.3, -0.25) is 4.79 Å². The second-order valence-electron chi connectivity index (χ2n) is 4.71. The van der Waals surface area contributed by atoms with Gasteiger partial charge in [-0.05, 0) is 29.5 Å². The summed E-state index contributed by atoms with van der Waals surface area (Å²) in [6.07, 6.45) is 6.89. The molecule has 1 aromatic rings. The third kappa shape index (κ3) is 1.57. The van der Waals surface area contributed by atoms with Gasteiger partial charge in [0.25, 0.3) is 0 Å². The van der Waals surface area contributed by atoms with Crippen molar-refractivity contribution in [3.8, 4) is 12.3 Å². The smallest absolute Gasteiger partial charge is 0.163 e. The summed E-state index contributed by atoms with van der Waals surface area (Å²) < 4.78 is 0. The van der Waals surface area contributed by atoms with Crippen molar-refractivity contribution in [1.82, 2.24) is 0 Å². The van der Waals surface area contributed by atoms with Gasteiger partial charge in [0.1, 0.15) is 0 Å². The second kappa shape index (κ2) is 3.24. The molecule has 0 unspecified atom stereocenters. The molecular weight excluding hydrogens is 184 g/mol. The number of benzene rings is 1. The predicted molar refractivity (Wildman–Crippen MR) is 61.0 cm³/mol. The number of carbonyl (C=O) groups excluding carboxylic acids is 1. The number of hydrogen-bond donors (Lipinski definition) is 0. The Bertz CT molecular complexity index is 461. The molecule has 0 radical (unpaired) electrons. The van der Waals surface area contributed by atoms with Crippen molar-refractivity contribution in [2.24, 2.45) is 0 Å². The van der Waals surface area contributed by atoms with E-state index in [1.165, 1.54) is 0 Å². The minimum atomic E-state index is 0.0936. The van der Waals surface area contributed by atoms with Crippen molar-refractivity contribution in [3.05, 3.63) is 34.9 Å². The van der Waals surface area contributed by atoms with Gasteiger partial charge in [-0.2, -0.15) is 0 Å². The van der Waals surface area contributed by atoms with Crippen LogP contribution < -0.4 is 0 Å². The van der Waals surface area contributed by atoms with Crippen molar-refractivity contribution in [2.75, 3.05) is 0 Å². The number of Topliss-reactive ketones (excluding diaryl/α,β-unsaturated/α-hetero) is 1. The Morgan fingerprint density at radius 3 is 2.80 bits per heavy atom. The first-order valence-electron chi connectivity index (χ1n) is 5.19. The van der Waals surface area contributed by atoms with Gasteiger partial charge in [0.2, 0.25) is 0 Å². The largest absolute Gasteiger partial charge is 0.294 e. The lowest BCUT2D eigenvalue weighted by Gasteiger charge is -2.31. The first-order chi connectivity index (χ1) is 7.04. The van der Waals surface area contributed by atoms with Crippen LogP contribution in [0.4, 0.5) is 0 Å². The van der Waals surface area contributed by atoms with Gasteiger partial charge < -0.3 is 0 Å². The molecule has 0 saturated carbocycles. The predicted octanol–water partition coefficient (Wildman–Crippen LogP) is 2.92. The van der Waals surface area contributed by atoms with Crippen LogP contribution in [0.1, 0.15) is 48.2 Å². The molecule has 1 nitrogen and oxygen atoms in total.